The molecule has 0 aliphatic carbocycles. The highest BCUT2D eigenvalue weighted by Crippen LogP contribution is 2.33. The van der Waals surface area contributed by atoms with E-state index < -0.39 is 5.67 Å². The number of rotatable bonds is 2. The van der Waals surface area contributed by atoms with Crippen LogP contribution in [0, 0.1) is 0 Å². The van der Waals surface area contributed by atoms with Crippen LogP contribution in [0.4, 0.5) is 15.9 Å². The number of nitrogens with zero attached hydrogens (tertiary/aromatic N) is 3. The zero-order valence-corrected chi connectivity index (χ0v) is 15.0. The highest BCUT2D eigenvalue weighted by atomic mass is 19.1. The minimum absolute atomic E-state index is 0.680. The van der Waals surface area contributed by atoms with E-state index in [0.29, 0.717) is 5.56 Å². The van der Waals surface area contributed by atoms with Crippen LogP contribution in [-0.4, -0.2) is 32.2 Å². The summed E-state index contributed by atoms with van der Waals surface area (Å²) in [5, 5.41) is 0. The number of anilines is 2. The van der Waals surface area contributed by atoms with Crippen LogP contribution in [0.1, 0.15) is 32.3 Å². The number of fused-ring (bicyclic) bond motifs is 1. The summed E-state index contributed by atoms with van der Waals surface area (Å²) < 4.78 is 14.3. The van der Waals surface area contributed by atoms with Crippen molar-refractivity contribution in [3.8, 4) is 11.3 Å². The van der Waals surface area contributed by atoms with Gasteiger partial charge >= 0.3 is 0 Å². The van der Waals surface area contributed by atoms with E-state index in [1.165, 1.54) is 6.42 Å². The average molecular weight is 327 g/mol. The molecule has 128 valence electrons. The van der Waals surface area contributed by atoms with Crippen LogP contribution in [-0.2, 0) is 5.67 Å². The molecule has 1 aromatic carbocycles. The second-order valence-corrected chi connectivity index (χ2v) is 7.14. The van der Waals surface area contributed by atoms with Gasteiger partial charge in [-0.1, -0.05) is 18.2 Å². The first-order chi connectivity index (χ1) is 11.4. The average Bonchev–Trinajstić information content (AvgIpc) is 2.56. The van der Waals surface area contributed by atoms with Gasteiger partial charge in [0.2, 0.25) is 0 Å². The molecule has 0 N–H and O–H groups in total. The molecular weight excluding hydrogens is 301 g/mol. The zero-order chi connectivity index (χ0) is 17.3. The molecule has 0 radical (unpaired) electrons. The van der Waals surface area contributed by atoms with E-state index in [2.05, 4.69) is 30.0 Å². The molecule has 4 heteroatoms. The molecule has 0 bridgehead atoms. The molecule has 0 atom stereocenters. The number of aromatic nitrogens is 1. The molecule has 0 unspecified atom stereocenters. The number of hydrogen-bond acceptors (Lipinski definition) is 3. The number of alkyl halides is 1. The van der Waals surface area contributed by atoms with Crippen molar-refractivity contribution in [1.29, 1.82) is 0 Å². The SMILES string of the molecule is CN1CCCCN(C)c2nc(-c3cccc(C(C)(C)F)c3)ccc21. The lowest BCUT2D eigenvalue weighted by atomic mass is 9.97. The van der Waals surface area contributed by atoms with Gasteiger partial charge in [-0.25, -0.2) is 9.37 Å². The summed E-state index contributed by atoms with van der Waals surface area (Å²) in [5.41, 5.74) is 2.33. The zero-order valence-electron chi connectivity index (χ0n) is 15.0. The van der Waals surface area contributed by atoms with Gasteiger partial charge in [-0.2, -0.15) is 0 Å². The molecule has 0 saturated heterocycles. The molecule has 1 aliphatic rings. The first-order valence-electron chi connectivity index (χ1n) is 8.59. The molecule has 0 saturated carbocycles. The van der Waals surface area contributed by atoms with Crippen molar-refractivity contribution in [2.75, 3.05) is 37.0 Å². The molecule has 1 aliphatic heterocycles. The van der Waals surface area contributed by atoms with Gasteiger partial charge in [0.1, 0.15) is 5.67 Å². The second kappa shape index (κ2) is 6.42. The first kappa shape index (κ1) is 16.7. The van der Waals surface area contributed by atoms with Crippen LogP contribution in [0.15, 0.2) is 36.4 Å². The number of pyridine rings is 1. The first-order valence-corrected chi connectivity index (χ1v) is 8.59. The van der Waals surface area contributed by atoms with Crippen LogP contribution in [0.2, 0.25) is 0 Å². The molecule has 24 heavy (non-hydrogen) atoms. The van der Waals surface area contributed by atoms with E-state index in [0.717, 1.165) is 42.3 Å². The van der Waals surface area contributed by atoms with Gasteiger partial charge in [-0.3, -0.25) is 0 Å². The van der Waals surface area contributed by atoms with E-state index >= 15 is 0 Å². The molecular formula is C20H26FN3. The van der Waals surface area contributed by atoms with Crippen molar-refractivity contribution in [2.24, 2.45) is 0 Å². The van der Waals surface area contributed by atoms with Crippen molar-refractivity contribution < 1.29 is 4.39 Å². The summed E-state index contributed by atoms with van der Waals surface area (Å²) in [4.78, 5) is 9.39. The van der Waals surface area contributed by atoms with Gasteiger partial charge in [-0.05, 0) is 50.5 Å². The normalized spacial score (nSPS) is 15.7. The van der Waals surface area contributed by atoms with Gasteiger partial charge in [-0.15, -0.1) is 0 Å². The molecule has 0 fully saturated rings. The Hall–Kier alpha value is -2.10. The Kier molecular flexibility index (Phi) is 4.48. The van der Waals surface area contributed by atoms with Crippen molar-refractivity contribution in [3.63, 3.8) is 0 Å². The summed E-state index contributed by atoms with van der Waals surface area (Å²) >= 11 is 0. The third kappa shape index (κ3) is 3.37. The van der Waals surface area contributed by atoms with Gasteiger partial charge < -0.3 is 9.80 Å². The Morgan fingerprint density at radius 3 is 2.42 bits per heavy atom. The summed E-state index contributed by atoms with van der Waals surface area (Å²) in [6.45, 7) is 5.23. The molecule has 1 aromatic heterocycles. The fraction of sp³-hybridized carbons (Fsp3) is 0.450. The fourth-order valence-corrected chi connectivity index (χ4v) is 3.15. The standard InChI is InChI=1S/C20H26FN3/c1-20(2,21)16-9-7-8-15(14-16)17-10-11-18-19(22-17)24(4)13-6-5-12-23(18)3/h7-11,14H,5-6,12-13H2,1-4H3. The topological polar surface area (TPSA) is 19.4 Å². The summed E-state index contributed by atoms with van der Waals surface area (Å²) in [6, 6.07) is 11.8. The molecule has 3 rings (SSSR count). The lowest BCUT2D eigenvalue weighted by molar-refractivity contribution is 0.221. The summed E-state index contributed by atoms with van der Waals surface area (Å²) in [5.74, 6) is 1.000. The highest BCUT2D eigenvalue weighted by molar-refractivity contribution is 5.72. The second-order valence-electron chi connectivity index (χ2n) is 7.14. The maximum atomic E-state index is 14.3. The lowest BCUT2D eigenvalue weighted by Crippen LogP contribution is -2.29. The molecule has 0 spiro atoms. The van der Waals surface area contributed by atoms with Crippen LogP contribution in [0.25, 0.3) is 11.3 Å². The fourth-order valence-electron chi connectivity index (χ4n) is 3.15. The molecule has 2 heterocycles. The number of halogens is 1. The van der Waals surface area contributed by atoms with Crippen molar-refractivity contribution >= 4 is 11.5 Å². The van der Waals surface area contributed by atoms with Crippen molar-refractivity contribution in [2.45, 2.75) is 32.4 Å². The molecule has 3 nitrogen and oxygen atoms in total. The Morgan fingerprint density at radius 2 is 1.71 bits per heavy atom. The van der Waals surface area contributed by atoms with Crippen LogP contribution in [0.5, 0.6) is 0 Å². The van der Waals surface area contributed by atoms with E-state index in [1.807, 2.05) is 30.3 Å². The van der Waals surface area contributed by atoms with Crippen molar-refractivity contribution in [1.82, 2.24) is 4.98 Å². The Morgan fingerprint density at radius 1 is 1.00 bits per heavy atom. The Labute approximate surface area is 144 Å². The van der Waals surface area contributed by atoms with E-state index in [9.17, 15) is 4.39 Å². The van der Waals surface area contributed by atoms with Crippen LogP contribution >= 0.6 is 0 Å². The Bertz CT molecular complexity index is 721. The van der Waals surface area contributed by atoms with Gasteiger partial charge in [0.05, 0.1) is 11.4 Å². The minimum Gasteiger partial charge on any atom is -0.372 e. The maximum Gasteiger partial charge on any atom is 0.152 e. The van der Waals surface area contributed by atoms with Gasteiger partial charge in [0.15, 0.2) is 5.82 Å². The molecule has 2 aromatic rings. The van der Waals surface area contributed by atoms with E-state index in [4.69, 9.17) is 4.98 Å². The predicted molar refractivity (Wildman–Crippen MR) is 99.6 cm³/mol. The van der Waals surface area contributed by atoms with E-state index in [-0.39, 0.29) is 0 Å². The minimum atomic E-state index is -1.35. The van der Waals surface area contributed by atoms with Gasteiger partial charge in [0, 0.05) is 32.7 Å². The summed E-state index contributed by atoms with van der Waals surface area (Å²) in [6.07, 6.45) is 2.35. The van der Waals surface area contributed by atoms with Crippen LogP contribution in [0.3, 0.4) is 0 Å². The number of hydrogen-bond donors (Lipinski definition) is 0. The number of benzene rings is 1. The summed E-state index contributed by atoms with van der Waals surface area (Å²) in [7, 11) is 4.21. The van der Waals surface area contributed by atoms with E-state index in [1.54, 1.807) is 13.8 Å². The smallest absolute Gasteiger partial charge is 0.152 e. The van der Waals surface area contributed by atoms with Gasteiger partial charge in [0.25, 0.3) is 0 Å². The van der Waals surface area contributed by atoms with Crippen molar-refractivity contribution in [3.05, 3.63) is 42.0 Å². The lowest BCUT2D eigenvalue weighted by Gasteiger charge is -2.30. The third-order valence-electron chi connectivity index (χ3n) is 4.71. The molecule has 0 amide bonds. The van der Waals surface area contributed by atoms with Crippen LogP contribution < -0.4 is 9.80 Å². The quantitative estimate of drug-likeness (QED) is 0.802. The maximum absolute atomic E-state index is 14.3. The monoisotopic (exact) mass is 327 g/mol. The largest absolute Gasteiger partial charge is 0.372 e. The third-order valence-corrected chi connectivity index (χ3v) is 4.71. The Balaban J connectivity index is 2.04. The predicted octanol–water partition coefficient (Wildman–Crippen LogP) is 4.62. The highest BCUT2D eigenvalue weighted by Gasteiger charge is 2.20.